The van der Waals surface area contributed by atoms with E-state index in [-0.39, 0.29) is 5.69 Å². The molecular weight excluding hydrogens is 270 g/mol. The molecule has 0 N–H and O–H groups in total. The van der Waals surface area contributed by atoms with E-state index in [0.717, 1.165) is 43.9 Å². The Bertz CT molecular complexity index is 521. The summed E-state index contributed by atoms with van der Waals surface area (Å²) in [6.07, 6.45) is 6.41. The van der Waals surface area contributed by atoms with Crippen LogP contribution in [0.3, 0.4) is 0 Å². The molecule has 21 heavy (non-hydrogen) atoms. The first-order chi connectivity index (χ1) is 10.1. The normalized spacial score (nSPS) is 23.5. The van der Waals surface area contributed by atoms with Crippen molar-refractivity contribution < 1.29 is 9.66 Å². The van der Waals surface area contributed by atoms with Crippen molar-refractivity contribution in [3.63, 3.8) is 0 Å². The van der Waals surface area contributed by atoms with Crippen molar-refractivity contribution in [2.45, 2.75) is 38.7 Å². The molecule has 2 aliphatic rings. The molecule has 0 radical (unpaired) electrons. The van der Waals surface area contributed by atoms with E-state index in [9.17, 15) is 10.1 Å². The molecule has 0 spiro atoms. The average Bonchev–Trinajstić information content (AvgIpc) is 3.01. The van der Waals surface area contributed by atoms with E-state index in [0.29, 0.717) is 12.0 Å². The molecule has 3 rings (SSSR count). The fourth-order valence-electron chi connectivity index (χ4n) is 3.44. The zero-order chi connectivity index (χ0) is 14.8. The number of pyridine rings is 1. The van der Waals surface area contributed by atoms with E-state index in [2.05, 4.69) is 9.88 Å². The fourth-order valence-corrected chi connectivity index (χ4v) is 3.44. The van der Waals surface area contributed by atoms with Crippen LogP contribution in [0.5, 0.6) is 0 Å². The molecule has 0 bridgehead atoms. The van der Waals surface area contributed by atoms with Crippen molar-refractivity contribution in [3.8, 4) is 0 Å². The topological polar surface area (TPSA) is 68.5 Å². The highest BCUT2D eigenvalue weighted by Gasteiger charge is 2.30. The summed E-state index contributed by atoms with van der Waals surface area (Å²) >= 11 is 0. The van der Waals surface area contributed by atoms with Crippen LogP contribution >= 0.6 is 0 Å². The number of aromatic nitrogens is 1. The maximum absolute atomic E-state index is 10.8. The first kappa shape index (κ1) is 14.3. The number of ether oxygens (including phenoxy) is 1. The third-order valence-corrected chi connectivity index (χ3v) is 4.58. The third-order valence-electron chi connectivity index (χ3n) is 4.58. The van der Waals surface area contributed by atoms with Crippen LogP contribution in [0.2, 0.25) is 0 Å². The van der Waals surface area contributed by atoms with E-state index in [4.69, 9.17) is 4.74 Å². The summed E-state index contributed by atoms with van der Waals surface area (Å²) in [6.45, 7) is 4.71. The Morgan fingerprint density at radius 2 is 2.14 bits per heavy atom. The molecule has 1 aromatic rings. The van der Waals surface area contributed by atoms with Gasteiger partial charge in [0.2, 0.25) is 0 Å². The number of nitro groups is 1. The van der Waals surface area contributed by atoms with Crippen molar-refractivity contribution in [1.82, 2.24) is 4.98 Å². The van der Waals surface area contributed by atoms with Crippen LogP contribution in [0.25, 0.3) is 0 Å². The van der Waals surface area contributed by atoms with Crippen molar-refractivity contribution in [2.75, 3.05) is 24.6 Å². The van der Waals surface area contributed by atoms with Gasteiger partial charge >= 0.3 is 0 Å². The van der Waals surface area contributed by atoms with Gasteiger partial charge in [0.05, 0.1) is 11.0 Å². The quantitative estimate of drug-likeness (QED) is 0.632. The van der Waals surface area contributed by atoms with Gasteiger partial charge in [-0.3, -0.25) is 10.1 Å². The maximum atomic E-state index is 10.8. The van der Waals surface area contributed by atoms with Gasteiger partial charge < -0.3 is 9.64 Å². The second-order valence-corrected chi connectivity index (χ2v) is 5.97. The second-order valence-electron chi connectivity index (χ2n) is 5.97. The summed E-state index contributed by atoms with van der Waals surface area (Å²) in [4.78, 5) is 16.9. The standard InChI is InChI=1S/C15H21N3O3/c1-11-9-13(18(19)20)10-16-15(11)17-6-4-12(5-7-17)14-3-2-8-21-14/h9-10,12,14H,2-8H2,1H3. The molecule has 2 fully saturated rings. The van der Waals surface area contributed by atoms with Crippen molar-refractivity contribution in [1.29, 1.82) is 0 Å². The van der Waals surface area contributed by atoms with Crippen LogP contribution in [-0.4, -0.2) is 35.7 Å². The summed E-state index contributed by atoms with van der Waals surface area (Å²) in [7, 11) is 0. The molecule has 1 atom stereocenters. The van der Waals surface area contributed by atoms with E-state index in [1.165, 1.54) is 19.0 Å². The zero-order valence-electron chi connectivity index (χ0n) is 12.3. The molecule has 6 nitrogen and oxygen atoms in total. The molecule has 3 heterocycles. The molecule has 0 aliphatic carbocycles. The molecule has 0 amide bonds. The predicted octanol–water partition coefficient (Wildman–Crippen LogP) is 2.69. The van der Waals surface area contributed by atoms with Crippen molar-refractivity contribution in [2.24, 2.45) is 5.92 Å². The van der Waals surface area contributed by atoms with Gasteiger partial charge in [0, 0.05) is 25.8 Å². The number of nitrogens with zero attached hydrogens (tertiary/aromatic N) is 3. The minimum Gasteiger partial charge on any atom is -0.378 e. The zero-order valence-corrected chi connectivity index (χ0v) is 12.3. The number of anilines is 1. The molecular formula is C15H21N3O3. The summed E-state index contributed by atoms with van der Waals surface area (Å²) < 4.78 is 5.79. The number of aryl methyl sites for hydroxylation is 1. The Hall–Kier alpha value is -1.69. The van der Waals surface area contributed by atoms with Gasteiger partial charge in [0.15, 0.2) is 0 Å². The van der Waals surface area contributed by atoms with Gasteiger partial charge in [0.1, 0.15) is 12.0 Å². The van der Waals surface area contributed by atoms with Crippen LogP contribution in [0, 0.1) is 23.0 Å². The number of hydrogen-bond acceptors (Lipinski definition) is 5. The lowest BCUT2D eigenvalue weighted by Gasteiger charge is -2.35. The first-order valence-electron chi connectivity index (χ1n) is 7.63. The third kappa shape index (κ3) is 3.00. The van der Waals surface area contributed by atoms with Gasteiger partial charge in [-0.2, -0.15) is 0 Å². The van der Waals surface area contributed by atoms with Gasteiger partial charge in [-0.15, -0.1) is 0 Å². The van der Waals surface area contributed by atoms with E-state index >= 15 is 0 Å². The highest BCUT2D eigenvalue weighted by atomic mass is 16.6. The highest BCUT2D eigenvalue weighted by Crippen LogP contribution is 2.31. The molecule has 1 aromatic heterocycles. The lowest BCUT2D eigenvalue weighted by Crippen LogP contribution is -2.38. The fraction of sp³-hybridized carbons (Fsp3) is 0.667. The van der Waals surface area contributed by atoms with E-state index in [1.807, 2.05) is 6.92 Å². The Morgan fingerprint density at radius 3 is 2.71 bits per heavy atom. The largest absolute Gasteiger partial charge is 0.378 e. The van der Waals surface area contributed by atoms with Crippen molar-refractivity contribution in [3.05, 3.63) is 27.9 Å². The van der Waals surface area contributed by atoms with Crippen LogP contribution in [-0.2, 0) is 4.74 Å². The molecule has 1 unspecified atom stereocenters. The van der Waals surface area contributed by atoms with Gasteiger partial charge in [-0.1, -0.05) is 0 Å². The van der Waals surface area contributed by atoms with Crippen LogP contribution in [0.15, 0.2) is 12.3 Å². The van der Waals surface area contributed by atoms with Gasteiger partial charge in [-0.25, -0.2) is 4.98 Å². The van der Waals surface area contributed by atoms with Crippen LogP contribution in [0.4, 0.5) is 11.5 Å². The summed E-state index contributed by atoms with van der Waals surface area (Å²) in [5, 5.41) is 10.8. The Kier molecular flexibility index (Phi) is 4.05. The van der Waals surface area contributed by atoms with E-state index in [1.54, 1.807) is 6.07 Å². The van der Waals surface area contributed by atoms with Gasteiger partial charge in [0.25, 0.3) is 5.69 Å². The monoisotopic (exact) mass is 291 g/mol. The molecule has 2 aliphatic heterocycles. The lowest BCUT2D eigenvalue weighted by molar-refractivity contribution is -0.385. The first-order valence-corrected chi connectivity index (χ1v) is 7.63. The molecule has 114 valence electrons. The second kappa shape index (κ2) is 5.97. The molecule has 2 saturated heterocycles. The van der Waals surface area contributed by atoms with Crippen molar-refractivity contribution >= 4 is 11.5 Å². The molecule has 6 heteroatoms. The van der Waals surface area contributed by atoms with Crippen LogP contribution in [0.1, 0.15) is 31.2 Å². The Balaban J connectivity index is 1.65. The molecule has 0 aromatic carbocycles. The summed E-state index contributed by atoms with van der Waals surface area (Å²) in [5.74, 6) is 1.54. The average molecular weight is 291 g/mol. The minimum atomic E-state index is -0.395. The Morgan fingerprint density at radius 1 is 1.38 bits per heavy atom. The van der Waals surface area contributed by atoms with Gasteiger partial charge in [-0.05, 0) is 44.1 Å². The summed E-state index contributed by atoms with van der Waals surface area (Å²) in [5.41, 5.74) is 0.935. The number of rotatable bonds is 3. The number of piperidine rings is 1. The molecule has 0 saturated carbocycles. The highest BCUT2D eigenvalue weighted by molar-refractivity contribution is 5.50. The summed E-state index contributed by atoms with van der Waals surface area (Å²) in [6, 6.07) is 1.61. The smallest absolute Gasteiger partial charge is 0.287 e. The Labute approximate surface area is 124 Å². The van der Waals surface area contributed by atoms with Crippen LogP contribution < -0.4 is 4.90 Å². The lowest BCUT2D eigenvalue weighted by atomic mass is 9.89. The van der Waals surface area contributed by atoms with E-state index < -0.39 is 4.92 Å². The number of hydrogen-bond donors (Lipinski definition) is 0. The SMILES string of the molecule is Cc1cc([N+](=O)[O-])cnc1N1CCC(C2CCCO2)CC1. The minimum absolute atomic E-state index is 0.0606. The maximum Gasteiger partial charge on any atom is 0.287 e. The predicted molar refractivity (Wildman–Crippen MR) is 79.5 cm³/mol.